The third-order valence-electron chi connectivity index (χ3n) is 5.09. The summed E-state index contributed by atoms with van der Waals surface area (Å²) in [6.07, 6.45) is 1.54. The van der Waals surface area contributed by atoms with Crippen molar-refractivity contribution in [2.75, 3.05) is 31.1 Å². The molecule has 1 aromatic carbocycles. The number of aromatic nitrogens is 2. The maximum atomic E-state index is 13.0. The Morgan fingerprint density at radius 2 is 1.90 bits per heavy atom. The Balaban J connectivity index is 1.46. The van der Waals surface area contributed by atoms with Crippen molar-refractivity contribution in [2.45, 2.75) is 13.0 Å². The van der Waals surface area contributed by atoms with E-state index in [0.29, 0.717) is 42.7 Å². The van der Waals surface area contributed by atoms with Crippen LogP contribution >= 0.6 is 11.6 Å². The summed E-state index contributed by atoms with van der Waals surface area (Å²) < 4.78 is 6.57. The molecule has 0 saturated carbocycles. The van der Waals surface area contributed by atoms with Gasteiger partial charge in [0.25, 0.3) is 5.56 Å². The Morgan fingerprint density at radius 3 is 2.59 bits per heavy atom. The molecule has 1 amide bonds. The van der Waals surface area contributed by atoms with Crippen molar-refractivity contribution < 1.29 is 9.21 Å². The molecule has 2 aromatic heterocycles. The number of carbonyl (C=O) groups is 1. The summed E-state index contributed by atoms with van der Waals surface area (Å²) in [5, 5.41) is 5.03. The maximum Gasteiger partial charge on any atom is 0.267 e. The average molecular weight is 413 g/mol. The quantitative estimate of drug-likeness (QED) is 0.658. The van der Waals surface area contributed by atoms with E-state index in [4.69, 9.17) is 16.0 Å². The van der Waals surface area contributed by atoms with E-state index in [1.54, 1.807) is 36.3 Å². The van der Waals surface area contributed by atoms with Crippen LogP contribution in [0.2, 0.25) is 5.02 Å². The second-order valence-corrected chi connectivity index (χ2v) is 7.38. The van der Waals surface area contributed by atoms with Crippen LogP contribution in [0.4, 0.5) is 5.69 Å². The average Bonchev–Trinajstić information content (AvgIpc) is 3.28. The summed E-state index contributed by atoms with van der Waals surface area (Å²) in [6, 6.07) is 13.5. The summed E-state index contributed by atoms with van der Waals surface area (Å²) in [5.41, 5.74) is 1.24. The number of piperazine rings is 1. The van der Waals surface area contributed by atoms with Crippen LogP contribution in [-0.2, 0) is 4.79 Å². The maximum absolute atomic E-state index is 13.0. The minimum Gasteiger partial charge on any atom is -0.463 e. The number of nitrogens with zero attached hydrogens (tertiary/aromatic N) is 4. The van der Waals surface area contributed by atoms with Crippen molar-refractivity contribution in [3.63, 3.8) is 0 Å². The fraction of sp³-hybridized carbons (Fsp3) is 0.286. The zero-order valence-electron chi connectivity index (χ0n) is 16.0. The van der Waals surface area contributed by atoms with E-state index in [1.807, 2.05) is 24.3 Å². The lowest BCUT2D eigenvalue weighted by atomic mass is 10.2. The molecule has 0 N–H and O–H groups in total. The Hall–Kier alpha value is -3.06. The molecule has 1 fully saturated rings. The predicted molar refractivity (Wildman–Crippen MR) is 111 cm³/mol. The van der Waals surface area contributed by atoms with E-state index in [9.17, 15) is 9.59 Å². The van der Waals surface area contributed by atoms with Gasteiger partial charge in [-0.2, -0.15) is 5.10 Å². The number of hydrogen-bond acceptors (Lipinski definition) is 5. The van der Waals surface area contributed by atoms with E-state index in [0.717, 1.165) is 5.69 Å². The highest BCUT2D eigenvalue weighted by molar-refractivity contribution is 6.30. The van der Waals surface area contributed by atoms with Gasteiger partial charge in [-0.1, -0.05) is 17.7 Å². The largest absolute Gasteiger partial charge is 0.463 e. The van der Waals surface area contributed by atoms with E-state index >= 15 is 0 Å². The van der Waals surface area contributed by atoms with Gasteiger partial charge in [-0.25, -0.2) is 4.68 Å². The van der Waals surface area contributed by atoms with Crippen molar-refractivity contribution in [1.82, 2.24) is 14.7 Å². The second-order valence-electron chi connectivity index (χ2n) is 6.95. The highest BCUT2D eigenvalue weighted by atomic mass is 35.5. The molecule has 8 heteroatoms. The van der Waals surface area contributed by atoms with Crippen LogP contribution in [-0.4, -0.2) is 46.8 Å². The number of hydrogen-bond donors (Lipinski definition) is 0. The Labute approximate surface area is 173 Å². The molecular formula is C21H21ClN4O3. The van der Waals surface area contributed by atoms with Crippen molar-refractivity contribution in [3.8, 4) is 11.5 Å². The van der Waals surface area contributed by atoms with Crippen LogP contribution in [0.3, 0.4) is 0 Å². The van der Waals surface area contributed by atoms with E-state index in [1.165, 1.54) is 10.7 Å². The number of amides is 1. The molecule has 1 saturated heterocycles. The number of halogens is 1. The number of benzene rings is 1. The lowest BCUT2D eigenvalue weighted by Gasteiger charge is -2.37. The van der Waals surface area contributed by atoms with Crippen molar-refractivity contribution in [2.24, 2.45) is 0 Å². The number of anilines is 1. The first-order valence-corrected chi connectivity index (χ1v) is 9.84. The monoisotopic (exact) mass is 412 g/mol. The van der Waals surface area contributed by atoms with Crippen LogP contribution in [0.1, 0.15) is 13.0 Å². The molecule has 0 spiro atoms. The molecule has 1 atom stereocenters. The van der Waals surface area contributed by atoms with Gasteiger partial charge in [0.15, 0.2) is 5.76 Å². The summed E-state index contributed by atoms with van der Waals surface area (Å²) in [6.45, 7) is 4.25. The van der Waals surface area contributed by atoms with Gasteiger partial charge in [-0.15, -0.1) is 0 Å². The standard InChI is InChI=1S/C21H21ClN4O3/c1-15(26-20(27)8-7-18(23-26)19-6-3-13-29-19)21(28)25-11-9-24(10-12-25)17-5-2-4-16(22)14-17/h2-8,13-15H,9-12H2,1H3. The van der Waals surface area contributed by atoms with E-state index in [2.05, 4.69) is 10.00 Å². The lowest BCUT2D eigenvalue weighted by molar-refractivity contribution is -0.135. The fourth-order valence-electron chi connectivity index (χ4n) is 3.49. The summed E-state index contributed by atoms with van der Waals surface area (Å²) in [5.74, 6) is 0.426. The number of rotatable bonds is 4. The second kappa shape index (κ2) is 8.13. The van der Waals surface area contributed by atoms with Crippen LogP contribution in [0, 0.1) is 0 Å². The molecule has 3 heterocycles. The molecule has 150 valence electrons. The first-order valence-electron chi connectivity index (χ1n) is 9.46. The minimum atomic E-state index is -0.699. The summed E-state index contributed by atoms with van der Waals surface area (Å²) in [7, 11) is 0. The third kappa shape index (κ3) is 4.05. The van der Waals surface area contributed by atoms with Gasteiger partial charge in [-0.05, 0) is 43.3 Å². The van der Waals surface area contributed by atoms with Gasteiger partial charge in [0.05, 0.1) is 6.26 Å². The molecule has 3 aromatic rings. The highest BCUT2D eigenvalue weighted by Crippen LogP contribution is 2.22. The first kappa shape index (κ1) is 19.3. The van der Waals surface area contributed by atoms with Crippen LogP contribution in [0.25, 0.3) is 11.5 Å². The van der Waals surface area contributed by atoms with Gasteiger partial charge < -0.3 is 14.2 Å². The van der Waals surface area contributed by atoms with Gasteiger partial charge >= 0.3 is 0 Å². The van der Waals surface area contributed by atoms with Crippen molar-refractivity contribution in [1.29, 1.82) is 0 Å². The van der Waals surface area contributed by atoms with Crippen LogP contribution in [0.5, 0.6) is 0 Å². The molecule has 1 aliphatic heterocycles. The molecule has 4 rings (SSSR count). The fourth-order valence-corrected chi connectivity index (χ4v) is 3.67. The molecule has 0 aliphatic carbocycles. The Bertz CT molecular complexity index is 1060. The zero-order valence-corrected chi connectivity index (χ0v) is 16.7. The molecule has 1 unspecified atom stereocenters. The molecule has 7 nitrogen and oxygen atoms in total. The van der Waals surface area contributed by atoms with Gasteiger partial charge in [0, 0.05) is 43.0 Å². The molecule has 29 heavy (non-hydrogen) atoms. The lowest BCUT2D eigenvalue weighted by Crippen LogP contribution is -2.51. The molecule has 0 radical (unpaired) electrons. The summed E-state index contributed by atoms with van der Waals surface area (Å²) in [4.78, 5) is 29.3. The SMILES string of the molecule is CC(C(=O)N1CCN(c2cccc(Cl)c2)CC1)n1nc(-c2ccco2)ccc1=O. The van der Waals surface area contributed by atoms with Crippen LogP contribution < -0.4 is 10.5 Å². The van der Waals surface area contributed by atoms with E-state index < -0.39 is 6.04 Å². The van der Waals surface area contributed by atoms with Gasteiger partial charge in [0.2, 0.25) is 5.91 Å². The molecule has 0 bridgehead atoms. The third-order valence-corrected chi connectivity index (χ3v) is 5.32. The topological polar surface area (TPSA) is 71.6 Å². The molecular weight excluding hydrogens is 392 g/mol. The number of furan rings is 1. The van der Waals surface area contributed by atoms with Crippen molar-refractivity contribution in [3.05, 3.63) is 70.2 Å². The van der Waals surface area contributed by atoms with Crippen molar-refractivity contribution >= 4 is 23.2 Å². The smallest absolute Gasteiger partial charge is 0.267 e. The van der Waals surface area contributed by atoms with Gasteiger partial charge in [-0.3, -0.25) is 9.59 Å². The predicted octanol–water partition coefficient (Wildman–Crippen LogP) is 3.07. The summed E-state index contributed by atoms with van der Waals surface area (Å²) >= 11 is 6.08. The number of carbonyl (C=O) groups excluding carboxylic acids is 1. The van der Waals surface area contributed by atoms with E-state index in [-0.39, 0.29) is 11.5 Å². The van der Waals surface area contributed by atoms with Gasteiger partial charge in [0.1, 0.15) is 11.7 Å². The normalized spacial score (nSPS) is 15.4. The minimum absolute atomic E-state index is 0.123. The Kier molecular flexibility index (Phi) is 5.40. The molecule has 1 aliphatic rings. The zero-order chi connectivity index (χ0) is 20.4. The van der Waals surface area contributed by atoms with Crippen LogP contribution in [0.15, 0.2) is 64.0 Å². The first-order chi connectivity index (χ1) is 14.0. The Morgan fingerprint density at radius 1 is 1.10 bits per heavy atom. The highest BCUT2D eigenvalue weighted by Gasteiger charge is 2.27.